The minimum atomic E-state index is -3.57. The molecule has 4 atom stereocenters. The molecule has 0 aliphatic heterocycles. The topological polar surface area (TPSA) is 89.3 Å². The van der Waals surface area contributed by atoms with Crippen molar-refractivity contribution in [2.45, 2.75) is 57.9 Å². The lowest BCUT2D eigenvalue weighted by Gasteiger charge is -2.46. The lowest BCUT2D eigenvalue weighted by molar-refractivity contribution is -0.384. The van der Waals surface area contributed by atoms with E-state index in [0.717, 1.165) is 19.3 Å². The van der Waals surface area contributed by atoms with Crippen LogP contribution in [-0.4, -0.2) is 19.4 Å². The SMILES string of the molecule is CCCCC=CC1CC2CCC1C(NS(=O)(=O)C=Cc1ccc([N+](=O)[O-])cc1)C2. The third-order valence-corrected chi connectivity index (χ3v) is 7.26. The molecule has 1 N–H and O–H groups in total. The molecule has 3 fully saturated rings. The Labute approximate surface area is 173 Å². The summed E-state index contributed by atoms with van der Waals surface area (Å²) in [5.41, 5.74) is 0.599. The molecule has 0 spiro atoms. The van der Waals surface area contributed by atoms with Gasteiger partial charge in [-0.3, -0.25) is 10.1 Å². The molecule has 6 nitrogen and oxygen atoms in total. The zero-order valence-electron chi connectivity index (χ0n) is 16.9. The summed E-state index contributed by atoms with van der Waals surface area (Å²) in [6.45, 7) is 2.19. The van der Waals surface area contributed by atoms with Crippen LogP contribution in [0, 0.1) is 27.9 Å². The van der Waals surface area contributed by atoms with E-state index in [9.17, 15) is 18.5 Å². The Hall–Kier alpha value is -1.99. The lowest BCUT2D eigenvalue weighted by Crippen LogP contribution is -2.49. The predicted molar refractivity (Wildman–Crippen MR) is 116 cm³/mol. The Morgan fingerprint density at radius 3 is 2.62 bits per heavy atom. The summed E-state index contributed by atoms with van der Waals surface area (Å²) in [6.07, 6.45) is 13.9. The fourth-order valence-corrected chi connectivity index (χ4v) is 5.75. The van der Waals surface area contributed by atoms with E-state index in [4.69, 9.17) is 0 Å². The molecule has 3 aliphatic carbocycles. The number of rotatable bonds is 9. The van der Waals surface area contributed by atoms with Crippen molar-refractivity contribution in [3.8, 4) is 0 Å². The first kappa shape index (κ1) is 21.7. The number of non-ortho nitro benzene ring substituents is 1. The molecule has 0 heterocycles. The van der Waals surface area contributed by atoms with E-state index in [0.29, 0.717) is 23.3 Å². The Balaban J connectivity index is 1.63. The van der Waals surface area contributed by atoms with E-state index in [1.165, 1.54) is 49.3 Å². The maximum atomic E-state index is 12.6. The highest BCUT2D eigenvalue weighted by Crippen LogP contribution is 2.46. The molecular weight excluding hydrogens is 388 g/mol. The monoisotopic (exact) mass is 418 g/mol. The smallest absolute Gasteiger partial charge is 0.258 e. The summed E-state index contributed by atoms with van der Waals surface area (Å²) in [5, 5.41) is 11.9. The first-order valence-corrected chi connectivity index (χ1v) is 12.0. The van der Waals surface area contributed by atoms with Gasteiger partial charge in [-0.15, -0.1) is 0 Å². The van der Waals surface area contributed by atoms with Crippen LogP contribution in [0.25, 0.3) is 6.08 Å². The van der Waals surface area contributed by atoms with E-state index >= 15 is 0 Å². The quantitative estimate of drug-likeness (QED) is 0.263. The largest absolute Gasteiger partial charge is 0.269 e. The number of nitrogens with zero attached hydrogens (tertiary/aromatic N) is 1. The summed E-state index contributed by atoms with van der Waals surface area (Å²) < 4.78 is 28.1. The van der Waals surface area contributed by atoms with E-state index in [1.807, 2.05) is 0 Å². The molecule has 0 aromatic heterocycles. The molecule has 1 aromatic carbocycles. The minimum absolute atomic E-state index is 0.0144. The molecule has 29 heavy (non-hydrogen) atoms. The number of hydrogen-bond donors (Lipinski definition) is 1. The van der Waals surface area contributed by atoms with Gasteiger partial charge in [-0.05, 0) is 67.2 Å². The molecular formula is C22H30N2O4S. The van der Waals surface area contributed by atoms with Crippen molar-refractivity contribution in [3.63, 3.8) is 0 Å². The van der Waals surface area contributed by atoms with Crippen LogP contribution in [0.4, 0.5) is 5.69 Å². The Morgan fingerprint density at radius 1 is 1.21 bits per heavy atom. The summed E-state index contributed by atoms with van der Waals surface area (Å²) in [4.78, 5) is 10.2. The second-order valence-corrected chi connectivity index (χ2v) is 9.83. The van der Waals surface area contributed by atoms with Crippen molar-refractivity contribution in [2.24, 2.45) is 17.8 Å². The van der Waals surface area contributed by atoms with Crippen molar-refractivity contribution in [1.82, 2.24) is 4.72 Å². The summed E-state index contributed by atoms with van der Waals surface area (Å²) in [7, 11) is -3.57. The number of hydrogen-bond acceptors (Lipinski definition) is 4. The maximum absolute atomic E-state index is 12.6. The molecule has 4 rings (SSSR count). The molecule has 3 saturated carbocycles. The number of nitro benzene ring substituents is 1. The van der Waals surface area contributed by atoms with Crippen molar-refractivity contribution < 1.29 is 13.3 Å². The number of fused-ring (bicyclic) bond motifs is 3. The van der Waals surface area contributed by atoms with Crippen LogP contribution in [0.1, 0.15) is 57.4 Å². The summed E-state index contributed by atoms with van der Waals surface area (Å²) >= 11 is 0. The lowest BCUT2D eigenvalue weighted by atomic mass is 9.62. The highest BCUT2D eigenvalue weighted by molar-refractivity contribution is 7.92. The van der Waals surface area contributed by atoms with Crippen LogP contribution >= 0.6 is 0 Å². The Bertz CT molecular complexity index is 861. The predicted octanol–water partition coefficient (Wildman–Crippen LogP) is 5.04. The van der Waals surface area contributed by atoms with Crippen LogP contribution in [-0.2, 0) is 10.0 Å². The van der Waals surface area contributed by atoms with Crippen LogP contribution in [0.3, 0.4) is 0 Å². The van der Waals surface area contributed by atoms with E-state index in [1.54, 1.807) is 12.1 Å². The van der Waals surface area contributed by atoms with Crippen molar-refractivity contribution in [3.05, 3.63) is 57.5 Å². The van der Waals surface area contributed by atoms with Gasteiger partial charge >= 0.3 is 0 Å². The second kappa shape index (κ2) is 9.67. The van der Waals surface area contributed by atoms with Crippen LogP contribution in [0.15, 0.2) is 41.8 Å². The van der Waals surface area contributed by atoms with Crippen LogP contribution < -0.4 is 4.72 Å². The van der Waals surface area contributed by atoms with Gasteiger partial charge in [0.25, 0.3) is 5.69 Å². The third kappa shape index (κ3) is 6.00. The zero-order chi connectivity index (χ0) is 20.9. The van der Waals surface area contributed by atoms with E-state index in [-0.39, 0.29) is 11.7 Å². The molecule has 158 valence electrons. The molecule has 0 saturated heterocycles. The third-order valence-electron chi connectivity index (χ3n) is 6.13. The standard InChI is InChI=1S/C22H30N2O4S/c1-2-3-4-5-6-19-15-18-9-12-21(19)22(16-18)23-29(27,28)14-13-17-7-10-20(11-8-17)24(25)26/h5-8,10-11,13-14,18-19,21-23H,2-4,9,12,15-16H2,1H3. The normalized spacial score (nSPS) is 27.1. The minimum Gasteiger partial charge on any atom is -0.258 e. The number of nitrogens with one attached hydrogen (secondary N) is 1. The van der Waals surface area contributed by atoms with E-state index in [2.05, 4.69) is 23.8 Å². The number of nitro groups is 1. The number of sulfonamides is 1. The highest BCUT2D eigenvalue weighted by Gasteiger charge is 2.42. The Morgan fingerprint density at radius 2 is 1.97 bits per heavy atom. The average Bonchev–Trinajstić information content (AvgIpc) is 2.70. The van der Waals surface area contributed by atoms with Gasteiger partial charge in [-0.1, -0.05) is 38.3 Å². The molecule has 4 unspecified atom stereocenters. The van der Waals surface area contributed by atoms with Crippen LogP contribution in [0.2, 0.25) is 0 Å². The molecule has 0 amide bonds. The molecule has 2 bridgehead atoms. The van der Waals surface area contributed by atoms with Gasteiger partial charge < -0.3 is 0 Å². The average molecular weight is 419 g/mol. The number of benzene rings is 1. The summed E-state index contributed by atoms with van der Waals surface area (Å²) in [5.74, 6) is 1.42. The van der Waals surface area contributed by atoms with Crippen molar-refractivity contribution in [2.75, 3.05) is 0 Å². The summed E-state index contributed by atoms with van der Waals surface area (Å²) in [6, 6.07) is 5.81. The number of unbranched alkanes of at least 4 members (excludes halogenated alkanes) is 2. The fourth-order valence-electron chi connectivity index (χ4n) is 4.64. The van der Waals surface area contributed by atoms with Gasteiger partial charge in [-0.2, -0.15) is 0 Å². The fraction of sp³-hybridized carbons (Fsp3) is 0.545. The van der Waals surface area contributed by atoms with Crippen molar-refractivity contribution in [1.29, 1.82) is 0 Å². The Kier molecular flexibility index (Phi) is 7.24. The highest BCUT2D eigenvalue weighted by atomic mass is 32.2. The van der Waals surface area contributed by atoms with E-state index < -0.39 is 14.9 Å². The molecule has 7 heteroatoms. The zero-order valence-corrected chi connectivity index (χ0v) is 17.7. The van der Waals surface area contributed by atoms with Gasteiger partial charge in [0.05, 0.1) is 4.92 Å². The van der Waals surface area contributed by atoms with Gasteiger partial charge in [0.2, 0.25) is 10.0 Å². The first-order valence-electron chi connectivity index (χ1n) is 10.5. The van der Waals surface area contributed by atoms with Gasteiger partial charge in [0, 0.05) is 23.6 Å². The van der Waals surface area contributed by atoms with Crippen molar-refractivity contribution >= 4 is 21.8 Å². The van der Waals surface area contributed by atoms with Crippen LogP contribution in [0.5, 0.6) is 0 Å². The molecule has 1 aromatic rings. The van der Waals surface area contributed by atoms with Gasteiger partial charge in [-0.25, -0.2) is 13.1 Å². The molecule has 3 aliphatic rings. The number of allylic oxidation sites excluding steroid dienone is 2. The van der Waals surface area contributed by atoms with Gasteiger partial charge in [0.1, 0.15) is 0 Å². The maximum Gasteiger partial charge on any atom is 0.269 e. The van der Waals surface area contributed by atoms with Gasteiger partial charge in [0.15, 0.2) is 0 Å². The second-order valence-electron chi connectivity index (χ2n) is 8.23. The molecule has 0 radical (unpaired) electrons. The first-order chi connectivity index (χ1) is 13.9.